The zero-order chi connectivity index (χ0) is 10.7. The number of halogens is 1. The van der Waals surface area contributed by atoms with Crippen molar-refractivity contribution in [3.8, 4) is 0 Å². The summed E-state index contributed by atoms with van der Waals surface area (Å²) in [5, 5.41) is 14.3. The van der Waals surface area contributed by atoms with Crippen LogP contribution < -0.4 is 5.43 Å². The first-order valence-electron chi connectivity index (χ1n) is 3.64. The number of aromatic nitrogens is 2. The minimum absolute atomic E-state index is 0.0803. The van der Waals surface area contributed by atoms with Crippen LogP contribution in [0.4, 0.5) is 5.82 Å². The monoisotopic (exact) mass is 261 g/mol. The van der Waals surface area contributed by atoms with E-state index in [4.69, 9.17) is 0 Å². The smallest absolute Gasteiger partial charge is 0.342 e. The number of nitrogens with one attached hydrogen (secondary N) is 1. The van der Waals surface area contributed by atoms with E-state index in [1.807, 2.05) is 0 Å². The molecular formula is C6H8BrN5O2. The lowest BCUT2D eigenvalue weighted by Gasteiger charge is -1.96. The van der Waals surface area contributed by atoms with Gasteiger partial charge in [0.25, 0.3) is 5.82 Å². The highest BCUT2D eigenvalue weighted by Gasteiger charge is 2.19. The molecule has 0 amide bonds. The van der Waals surface area contributed by atoms with Crippen LogP contribution in [0.25, 0.3) is 0 Å². The normalized spacial score (nSPS) is 11.5. The van der Waals surface area contributed by atoms with Gasteiger partial charge in [0.1, 0.15) is 6.20 Å². The summed E-state index contributed by atoms with van der Waals surface area (Å²) in [5.74, 6) is 0.314. The predicted octanol–water partition coefficient (Wildman–Crippen LogP) is 0.604. The molecule has 0 atom stereocenters. The lowest BCUT2D eigenvalue weighted by Crippen LogP contribution is -2.08. The summed E-state index contributed by atoms with van der Waals surface area (Å²) in [6.07, 6.45) is 1.18. The average molecular weight is 262 g/mol. The van der Waals surface area contributed by atoms with Gasteiger partial charge < -0.3 is 15.5 Å². The van der Waals surface area contributed by atoms with Crippen LogP contribution in [0.1, 0.15) is 5.82 Å². The summed E-state index contributed by atoms with van der Waals surface area (Å²) in [4.78, 5) is 13.8. The molecule has 0 radical (unpaired) electrons. The topological polar surface area (TPSA) is 85.3 Å². The molecule has 14 heavy (non-hydrogen) atoms. The van der Waals surface area contributed by atoms with Crippen molar-refractivity contribution in [2.75, 3.05) is 7.05 Å². The molecule has 0 aliphatic rings. The third-order valence-corrected chi connectivity index (χ3v) is 2.08. The van der Waals surface area contributed by atoms with E-state index in [1.165, 1.54) is 10.8 Å². The van der Waals surface area contributed by atoms with E-state index in [0.29, 0.717) is 10.4 Å². The Morgan fingerprint density at radius 2 is 2.50 bits per heavy atom. The zero-order valence-electron chi connectivity index (χ0n) is 7.56. The Bertz CT molecular complexity index is 386. The fourth-order valence-electron chi connectivity index (χ4n) is 0.910. The molecule has 1 aromatic heterocycles. The predicted molar refractivity (Wildman–Crippen MR) is 54.4 cm³/mol. The van der Waals surface area contributed by atoms with Gasteiger partial charge in [-0.15, -0.1) is 0 Å². The van der Waals surface area contributed by atoms with Gasteiger partial charge in [-0.05, 0) is 20.9 Å². The number of hydrogen-bond acceptors (Lipinski definition) is 5. The van der Waals surface area contributed by atoms with E-state index in [0.717, 1.165) is 0 Å². The van der Waals surface area contributed by atoms with Gasteiger partial charge in [0.05, 0.1) is 7.05 Å². The van der Waals surface area contributed by atoms with Crippen LogP contribution in [-0.2, 0) is 7.05 Å². The largest absolute Gasteiger partial charge is 0.358 e. The van der Waals surface area contributed by atoms with Crippen molar-refractivity contribution in [2.24, 2.45) is 12.1 Å². The van der Waals surface area contributed by atoms with Crippen molar-refractivity contribution in [3.05, 3.63) is 22.1 Å². The molecule has 0 spiro atoms. The van der Waals surface area contributed by atoms with Gasteiger partial charge in [0.15, 0.2) is 4.62 Å². The molecule has 0 unspecified atom stereocenters. The molecular weight excluding hydrogens is 254 g/mol. The number of nitro groups is 1. The molecule has 0 aliphatic heterocycles. The van der Waals surface area contributed by atoms with Gasteiger partial charge >= 0.3 is 5.82 Å². The van der Waals surface area contributed by atoms with Gasteiger partial charge in [-0.2, -0.15) is 5.10 Å². The van der Waals surface area contributed by atoms with E-state index in [9.17, 15) is 10.1 Å². The van der Waals surface area contributed by atoms with Crippen molar-refractivity contribution in [2.45, 2.75) is 0 Å². The van der Waals surface area contributed by atoms with Crippen LogP contribution in [0, 0.1) is 10.1 Å². The van der Waals surface area contributed by atoms with Crippen LogP contribution in [-0.4, -0.2) is 26.1 Å². The first-order valence-corrected chi connectivity index (χ1v) is 4.43. The van der Waals surface area contributed by atoms with Gasteiger partial charge in [-0.1, -0.05) is 0 Å². The number of hydrogen-bond donors (Lipinski definition) is 1. The summed E-state index contributed by atoms with van der Waals surface area (Å²) in [6.45, 7) is 0. The Kier molecular flexibility index (Phi) is 3.18. The molecule has 76 valence electrons. The minimum atomic E-state index is -0.504. The van der Waals surface area contributed by atoms with E-state index in [2.05, 4.69) is 31.4 Å². The first kappa shape index (κ1) is 10.6. The molecule has 0 fully saturated rings. The van der Waals surface area contributed by atoms with E-state index >= 15 is 0 Å². The quantitative estimate of drug-likeness (QED) is 0.491. The Morgan fingerprint density at radius 1 is 1.86 bits per heavy atom. The van der Waals surface area contributed by atoms with Crippen LogP contribution in [0.15, 0.2) is 11.3 Å². The van der Waals surface area contributed by atoms with Gasteiger partial charge in [-0.25, -0.2) is 9.55 Å². The highest BCUT2D eigenvalue weighted by molar-refractivity contribution is 9.18. The van der Waals surface area contributed by atoms with Crippen molar-refractivity contribution >= 4 is 26.4 Å². The van der Waals surface area contributed by atoms with Gasteiger partial charge in [0.2, 0.25) is 0 Å². The van der Waals surface area contributed by atoms with Crippen LogP contribution in [0.3, 0.4) is 0 Å². The first-order chi connectivity index (χ1) is 6.57. The summed E-state index contributed by atoms with van der Waals surface area (Å²) >= 11 is 3.14. The molecule has 1 heterocycles. The second-order valence-corrected chi connectivity index (χ2v) is 3.13. The molecule has 0 saturated heterocycles. The molecule has 0 aliphatic carbocycles. The standard InChI is InChI=1S/C6H8BrN5O2/c1-8-10-5(7)6-9-3-4(11(6)2)12(13)14/h3,8H,1-2H3. The lowest BCUT2D eigenvalue weighted by molar-refractivity contribution is -0.391. The van der Waals surface area contributed by atoms with Gasteiger partial charge in [-0.3, -0.25) is 0 Å². The maximum absolute atomic E-state index is 10.5. The van der Waals surface area contributed by atoms with Crippen LogP contribution in [0.5, 0.6) is 0 Å². The maximum Gasteiger partial charge on any atom is 0.342 e. The van der Waals surface area contributed by atoms with E-state index < -0.39 is 4.92 Å². The molecule has 8 heteroatoms. The summed E-state index contributed by atoms with van der Waals surface area (Å²) in [6, 6.07) is 0. The summed E-state index contributed by atoms with van der Waals surface area (Å²) < 4.78 is 1.75. The molecule has 1 N–H and O–H groups in total. The molecule has 7 nitrogen and oxygen atoms in total. The minimum Gasteiger partial charge on any atom is -0.358 e. The second kappa shape index (κ2) is 4.18. The number of rotatable bonds is 3. The van der Waals surface area contributed by atoms with Gasteiger partial charge in [0, 0.05) is 7.05 Å². The SMILES string of the molecule is CNN=C(Br)c1ncc([N+](=O)[O-])n1C. The maximum atomic E-state index is 10.5. The van der Waals surface area contributed by atoms with Crippen molar-refractivity contribution in [3.63, 3.8) is 0 Å². The molecule has 0 bridgehead atoms. The molecule has 1 rings (SSSR count). The third-order valence-electron chi connectivity index (χ3n) is 1.55. The van der Waals surface area contributed by atoms with Crippen molar-refractivity contribution in [1.29, 1.82) is 0 Å². The zero-order valence-corrected chi connectivity index (χ0v) is 9.15. The lowest BCUT2D eigenvalue weighted by atomic mass is 10.6. The van der Waals surface area contributed by atoms with Crippen LogP contribution in [0.2, 0.25) is 0 Å². The van der Waals surface area contributed by atoms with E-state index in [-0.39, 0.29) is 5.82 Å². The number of imidazole rings is 1. The number of hydrazone groups is 1. The highest BCUT2D eigenvalue weighted by atomic mass is 79.9. The van der Waals surface area contributed by atoms with Crippen molar-refractivity contribution in [1.82, 2.24) is 15.0 Å². The van der Waals surface area contributed by atoms with Crippen LogP contribution >= 0.6 is 15.9 Å². The molecule has 1 aromatic rings. The Balaban J connectivity index is 3.13. The highest BCUT2D eigenvalue weighted by Crippen LogP contribution is 2.14. The Hall–Kier alpha value is -1.44. The molecule has 0 saturated carbocycles. The fourth-order valence-corrected chi connectivity index (χ4v) is 1.46. The van der Waals surface area contributed by atoms with E-state index in [1.54, 1.807) is 14.1 Å². The van der Waals surface area contributed by atoms with Crippen molar-refractivity contribution < 1.29 is 4.92 Å². The molecule has 0 aromatic carbocycles. The summed E-state index contributed by atoms with van der Waals surface area (Å²) in [5.41, 5.74) is 2.55. The fraction of sp³-hybridized carbons (Fsp3) is 0.333. The Morgan fingerprint density at radius 3 is 2.93 bits per heavy atom. The average Bonchev–Trinajstić information content (AvgIpc) is 2.47. The Labute approximate surface area is 88.1 Å². The summed E-state index contributed by atoms with van der Waals surface area (Å²) in [7, 11) is 3.17. The third kappa shape index (κ3) is 1.90. The second-order valence-electron chi connectivity index (χ2n) is 2.38. The number of nitrogens with zero attached hydrogens (tertiary/aromatic N) is 4.